The molecule has 1 aliphatic rings. The molecule has 3 heterocycles. The first-order valence-electron chi connectivity index (χ1n) is 6.54. The summed E-state index contributed by atoms with van der Waals surface area (Å²) in [6.45, 7) is 1.26. The van der Waals surface area contributed by atoms with E-state index in [1.807, 2.05) is 0 Å². The van der Waals surface area contributed by atoms with Crippen molar-refractivity contribution in [2.45, 2.75) is 31.5 Å². The molecule has 1 saturated heterocycles. The first kappa shape index (κ1) is 14.1. The molecule has 9 heteroatoms. The largest absolute Gasteiger partial charge is 0.394 e. The number of ether oxygens (including phenoxy) is 1. The highest BCUT2D eigenvalue weighted by Gasteiger charge is 2.45. The molecule has 114 valence electrons. The summed E-state index contributed by atoms with van der Waals surface area (Å²) in [5.41, 5.74) is 0.895. The number of aromatic nitrogens is 4. The Kier molecular flexibility index (Phi) is 3.47. The molecule has 0 radical (unpaired) electrons. The molecule has 0 bridgehead atoms. The first-order chi connectivity index (χ1) is 10.1. The Balaban J connectivity index is 2.07. The van der Waals surface area contributed by atoms with Crippen molar-refractivity contribution < 1.29 is 19.3 Å². The van der Waals surface area contributed by atoms with Crippen LogP contribution in [-0.4, -0.2) is 61.8 Å². The van der Waals surface area contributed by atoms with Crippen LogP contribution >= 0.6 is 0 Å². The van der Waals surface area contributed by atoms with Gasteiger partial charge in [-0.05, 0) is 6.92 Å². The van der Waals surface area contributed by atoms with Gasteiger partial charge in [0.15, 0.2) is 29.4 Å². The van der Waals surface area contributed by atoms with E-state index in [1.54, 1.807) is 14.0 Å². The number of nitrogens with zero attached hydrogens (tertiary/aromatic N) is 4. The van der Waals surface area contributed by atoms with Crippen LogP contribution in [0.4, 0.5) is 10.2 Å². The lowest BCUT2D eigenvalue weighted by Crippen LogP contribution is -2.30. The average molecular weight is 297 g/mol. The van der Waals surface area contributed by atoms with Crippen molar-refractivity contribution in [3.05, 3.63) is 12.2 Å². The third kappa shape index (κ3) is 2.13. The van der Waals surface area contributed by atoms with Crippen molar-refractivity contribution in [3.63, 3.8) is 0 Å². The topological polar surface area (TPSA) is 105 Å². The van der Waals surface area contributed by atoms with Crippen molar-refractivity contribution in [3.8, 4) is 0 Å². The summed E-state index contributed by atoms with van der Waals surface area (Å²) in [4.78, 5) is 12.6. The molecular formula is C12H16FN5O3. The van der Waals surface area contributed by atoms with Crippen LogP contribution in [0.1, 0.15) is 12.1 Å². The summed E-state index contributed by atoms with van der Waals surface area (Å²) < 4.78 is 21.0. The Hall–Kier alpha value is -1.84. The van der Waals surface area contributed by atoms with Gasteiger partial charge in [0.1, 0.15) is 18.0 Å². The van der Waals surface area contributed by atoms with Gasteiger partial charge in [0.2, 0.25) is 0 Å². The number of alkyl halides is 1. The van der Waals surface area contributed by atoms with Gasteiger partial charge in [-0.25, -0.2) is 19.3 Å². The molecule has 0 saturated carbocycles. The summed E-state index contributed by atoms with van der Waals surface area (Å²) in [6.07, 6.45) is -3.71. The van der Waals surface area contributed by atoms with E-state index < -0.39 is 31.2 Å². The van der Waals surface area contributed by atoms with Crippen molar-refractivity contribution in [2.75, 3.05) is 19.0 Å². The van der Waals surface area contributed by atoms with E-state index in [-0.39, 0.29) is 0 Å². The fourth-order valence-corrected chi connectivity index (χ4v) is 2.46. The van der Waals surface area contributed by atoms with Crippen molar-refractivity contribution in [1.82, 2.24) is 19.5 Å². The predicted octanol–water partition coefficient (Wildman–Crippen LogP) is -0.235. The summed E-state index contributed by atoms with van der Waals surface area (Å²) in [6, 6.07) is 0. The fraction of sp³-hybridized carbons (Fsp3) is 0.583. The molecule has 21 heavy (non-hydrogen) atoms. The van der Waals surface area contributed by atoms with E-state index >= 15 is 0 Å². The first-order valence-corrected chi connectivity index (χ1v) is 6.54. The Bertz CT molecular complexity index is 664. The van der Waals surface area contributed by atoms with Crippen LogP contribution in [0.5, 0.6) is 0 Å². The van der Waals surface area contributed by atoms with Gasteiger partial charge in [-0.15, -0.1) is 0 Å². The number of rotatable bonds is 3. The minimum atomic E-state index is -1.67. The molecular weight excluding hydrogens is 281 g/mol. The molecule has 3 rings (SSSR count). The second kappa shape index (κ2) is 5.17. The molecule has 1 fully saturated rings. The summed E-state index contributed by atoms with van der Waals surface area (Å²) in [5.74, 6) is 1.03. The Morgan fingerprint density at radius 2 is 2.24 bits per heavy atom. The summed E-state index contributed by atoms with van der Waals surface area (Å²) in [5, 5.41) is 21.7. The van der Waals surface area contributed by atoms with Crippen molar-refractivity contribution in [1.29, 1.82) is 0 Å². The predicted molar refractivity (Wildman–Crippen MR) is 71.5 cm³/mol. The zero-order valence-electron chi connectivity index (χ0n) is 11.6. The van der Waals surface area contributed by atoms with Crippen LogP contribution in [0.25, 0.3) is 11.2 Å². The smallest absolute Gasteiger partial charge is 0.173 e. The number of hydrogen-bond donors (Lipinski definition) is 3. The summed E-state index contributed by atoms with van der Waals surface area (Å²) >= 11 is 0. The molecule has 0 unspecified atom stereocenters. The SMILES string of the molecule is CNc1nc(C)nc2c1ncn2[C@@H]1O[C@H](CO)[C@@H](O)[C@H]1F. The standard InChI is InChI=1S/C12H16FN5O3/c1-5-16-10(14-2)8-11(17-5)18(4-15-8)12-7(13)9(20)6(3-19)21-12/h4,6-7,9,12,19-20H,3H2,1-2H3,(H,14,16,17)/t6-,7-,9-,12-/m1/s1. The van der Waals surface area contributed by atoms with Gasteiger partial charge in [-0.3, -0.25) is 4.57 Å². The molecule has 0 aromatic carbocycles. The highest BCUT2D eigenvalue weighted by atomic mass is 19.1. The van der Waals surface area contributed by atoms with Gasteiger partial charge >= 0.3 is 0 Å². The molecule has 0 amide bonds. The maximum atomic E-state index is 14.2. The van der Waals surface area contributed by atoms with Gasteiger partial charge in [-0.2, -0.15) is 0 Å². The normalized spacial score (nSPS) is 29.2. The third-order valence-electron chi connectivity index (χ3n) is 3.52. The average Bonchev–Trinajstić information content (AvgIpc) is 3.01. The van der Waals surface area contributed by atoms with E-state index in [2.05, 4.69) is 20.3 Å². The lowest BCUT2D eigenvalue weighted by molar-refractivity contribution is -0.0459. The zero-order chi connectivity index (χ0) is 15.1. The zero-order valence-corrected chi connectivity index (χ0v) is 11.6. The third-order valence-corrected chi connectivity index (χ3v) is 3.52. The number of nitrogens with one attached hydrogen (secondary N) is 1. The number of aliphatic hydroxyl groups excluding tert-OH is 2. The Morgan fingerprint density at radius 1 is 1.48 bits per heavy atom. The lowest BCUT2D eigenvalue weighted by Gasteiger charge is -2.15. The minimum absolute atomic E-state index is 0.408. The van der Waals surface area contributed by atoms with Crippen LogP contribution in [0, 0.1) is 6.92 Å². The quantitative estimate of drug-likeness (QED) is 0.718. The minimum Gasteiger partial charge on any atom is -0.394 e. The Labute approximate surface area is 119 Å². The maximum absolute atomic E-state index is 14.2. The molecule has 0 spiro atoms. The van der Waals surface area contributed by atoms with Crippen LogP contribution in [0.15, 0.2) is 6.33 Å². The van der Waals surface area contributed by atoms with Gasteiger partial charge in [0, 0.05) is 7.05 Å². The van der Waals surface area contributed by atoms with Crippen molar-refractivity contribution in [2.24, 2.45) is 0 Å². The number of anilines is 1. The number of aryl methyl sites for hydroxylation is 1. The summed E-state index contributed by atoms with van der Waals surface area (Å²) in [7, 11) is 1.70. The number of aliphatic hydroxyl groups is 2. The highest BCUT2D eigenvalue weighted by molar-refractivity contribution is 5.82. The van der Waals surface area contributed by atoms with Crippen LogP contribution in [0.2, 0.25) is 0 Å². The number of halogens is 1. The highest BCUT2D eigenvalue weighted by Crippen LogP contribution is 2.34. The van der Waals surface area contributed by atoms with E-state index in [0.717, 1.165) is 0 Å². The molecule has 2 aromatic heterocycles. The lowest BCUT2D eigenvalue weighted by atomic mass is 10.1. The molecule has 4 atom stereocenters. The van der Waals surface area contributed by atoms with Crippen LogP contribution < -0.4 is 5.32 Å². The number of fused-ring (bicyclic) bond motifs is 1. The van der Waals surface area contributed by atoms with Crippen molar-refractivity contribution >= 4 is 17.0 Å². The van der Waals surface area contributed by atoms with Crippen LogP contribution in [-0.2, 0) is 4.74 Å². The van der Waals surface area contributed by atoms with E-state index in [4.69, 9.17) is 9.84 Å². The second-order valence-electron chi connectivity index (χ2n) is 4.88. The van der Waals surface area contributed by atoms with E-state index in [9.17, 15) is 9.50 Å². The molecule has 3 N–H and O–H groups in total. The van der Waals surface area contributed by atoms with Gasteiger partial charge in [-0.1, -0.05) is 0 Å². The number of hydrogen-bond acceptors (Lipinski definition) is 7. The van der Waals surface area contributed by atoms with E-state index in [1.165, 1.54) is 10.9 Å². The maximum Gasteiger partial charge on any atom is 0.173 e. The number of imidazole rings is 1. The molecule has 2 aromatic rings. The Morgan fingerprint density at radius 3 is 2.86 bits per heavy atom. The monoisotopic (exact) mass is 297 g/mol. The van der Waals surface area contributed by atoms with Crippen LogP contribution in [0.3, 0.4) is 0 Å². The molecule has 8 nitrogen and oxygen atoms in total. The fourth-order valence-electron chi connectivity index (χ4n) is 2.46. The van der Waals surface area contributed by atoms with Gasteiger partial charge in [0.05, 0.1) is 12.9 Å². The van der Waals surface area contributed by atoms with Gasteiger partial charge in [0.25, 0.3) is 0 Å². The second-order valence-corrected chi connectivity index (χ2v) is 4.88. The molecule has 1 aliphatic heterocycles. The van der Waals surface area contributed by atoms with E-state index in [0.29, 0.717) is 22.8 Å². The molecule has 0 aliphatic carbocycles. The van der Waals surface area contributed by atoms with Gasteiger partial charge < -0.3 is 20.3 Å².